The minimum atomic E-state index is -0.750. The highest BCUT2D eigenvalue weighted by Crippen LogP contribution is 2.37. The molecule has 0 spiro atoms. The topological polar surface area (TPSA) is 43.1 Å². The minimum Gasteiger partial charge on any atom is -0.445 e. The van der Waals surface area contributed by atoms with Crippen LogP contribution in [0.1, 0.15) is 25.5 Å². The lowest BCUT2D eigenvalue weighted by molar-refractivity contribution is 0.00645. The molecule has 0 saturated carbocycles. The summed E-state index contributed by atoms with van der Waals surface area (Å²) in [7, 11) is 0. The van der Waals surface area contributed by atoms with Crippen molar-refractivity contribution in [2.75, 3.05) is 6.61 Å². The standard InChI is InChI=1S/C11H14Cl2O2/c1-11(2,6-14)10(15)8-4-3-7(12)5-9(8)13/h3-5,10,14-15H,6H2,1-2H3/p+1/t10-/m0/s1. The van der Waals surface area contributed by atoms with Gasteiger partial charge in [-0.05, 0) is 26.0 Å². The monoisotopic (exact) mass is 249 g/mol. The van der Waals surface area contributed by atoms with E-state index < -0.39 is 11.5 Å². The number of halogens is 2. The zero-order chi connectivity index (χ0) is 11.6. The van der Waals surface area contributed by atoms with Gasteiger partial charge in [-0.3, -0.25) is 0 Å². The number of hydrogen-bond acceptors (Lipinski definition) is 1. The van der Waals surface area contributed by atoms with Gasteiger partial charge in [0, 0.05) is 15.6 Å². The van der Waals surface area contributed by atoms with Crippen LogP contribution in [0.2, 0.25) is 10.0 Å². The second kappa shape index (κ2) is 4.71. The third-order valence-electron chi connectivity index (χ3n) is 2.45. The Morgan fingerprint density at radius 3 is 2.47 bits per heavy atom. The molecule has 1 atom stereocenters. The molecule has 0 aliphatic heterocycles. The molecule has 3 N–H and O–H groups in total. The molecular formula is C11H15Cl2O2+. The summed E-state index contributed by atoms with van der Waals surface area (Å²) in [5, 5.41) is 18.4. The molecule has 0 fully saturated rings. The maximum Gasteiger partial charge on any atom is 0.151 e. The summed E-state index contributed by atoms with van der Waals surface area (Å²) in [5.41, 5.74) is 0.107. The molecule has 2 nitrogen and oxygen atoms in total. The molecule has 0 aliphatic rings. The first kappa shape index (κ1) is 12.8. The average Bonchev–Trinajstić information content (AvgIpc) is 2.17. The van der Waals surface area contributed by atoms with Gasteiger partial charge in [0.05, 0.1) is 11.5 Å². The van der Waals surface area contributed by atoms with E-state index in [-0.39, 0.29) is 6.61 Å². The van der Waals surface area contributed by atoms with Crippen molar-refractivity contribution in [2.45, 2.75) is 20.0 Å². The molecule has 0 heterocycles. The first-order valence-electron chi connectivity index (χ1n) is 4.66. The van der Waals surface area contributed by atoms with E-state index in [4.69, 9.17) is 28.3 Å². The number of aliphatic hydroxyl groups is 1. The Kier molecular flexibility index (Phi) is 4.01. The second-order valence-corrected chi connectivity index (χ2v) is 5.08. The highest BCUT2D eigenvalue weighted by atomic mass is 35.5. The number of benzene rings is 1. The molecule has 0 unspecified atom stereocenters. The molecular weight excluding hydrogens is 235 g/mol. The van der Waals surface area contributed by atoms with Gasteiger partial charge in [0.15, 0.2) is 6.61 Å². The molecule has 0 saturated heterocycles. The summed E-state index contributed by atoms with van der Waals surface area (Å²) < 4.78 is 0. The Morgan fingerprint density at radius 1 is 1.40 bits per heavy atom. The first-order chi connectivity index (χ1) is 6.88. The lowest BCUT2D eigenvalue weighted by Gasteiger charge is -2.26. The van der Waals surface area contributed by atoms with Crippen molar-refractivity contribution in [3.8, 4) is 0 Å². The van der Waals surface area contributed by atoms with Crippen molar-refractivity contribution in [1.82, 2.24) is 0 Å². The van der Waals surface area contributed by atoms with E-state index in [1.54, 1.807) is 18.2 Å². The molecule has 0 aromatic heterocycles. The molecule has 1 aromatic carbocycles. The van der Waals surface area contributed by atoms with Crippen LogP contribution in [-0.2, 0) is 0 Å². The molecule has 84 valence electrons. The maximum absolute atomic E-state index is 10.1. The zero-order valence-electron chi connectivity index (χ0n) is 8.72. The Hall–Kier alpha value is -0.280. The fourth-order valence-electron chi connectivity index (χ4n) is 1.24. The van der Waals surface area contributed by atoms with Gasteiger partial charge in [-0.2, -0.15) is 0 Å². The third kappa shape index (κ3) is 2.85. The number of aliphatic hydroxyl groups excluding tert-OH is 1. The highest BCUT2D eigenvalue weighted by Gasteiger charge is 2.32. The van der Waals surface area contributed by atoms with Crippen molar-refractivity contribution < 1.29 is 10.2 Å². The third-order valence-corrected chi connectivity index (χ3v) is 3.02. The molecule has 0 aliphatic carbocycles. The summed E-state index contributed by atoms with van der Waals surface area (Å²) in [6, 6.07) is 4.99. The Morgan fingerprint density at radius 2 is 2.00 bits per heavy atom. The predicted molar refractivity (Wildman–Crippen MR) is 63.7 cm³/mol. The molecule has 0 radical (unpaired) electrons. The van der Waals surface area contributed by atoms with Gasteiger partial charge < -0.3 is 10.2 Å². The average molecular weight is 250 g/mol. The van der Waals surface area contributed by atoms with Crippen molar-refractivity contribution in [3.05, 3.63) is 33.8 Å². The van der Waals surface area contributed by atoms with Crippen LogP contribution in [-0.4, -0.2) is 16.8 Å². The van der Waals surface area contributed by atoms with Gasteiger partial charge in [0.25, 0.3) is 0 Å². The van der Waals surface area contributed by atoms with Crippen LogP contribution in [0.5, 0.6) is 0 Å². The van der Waals surface area contributed by atoms with E-state index in [2.05, 4.69) is 0 Å². The summed E-state index contributed by atoms with van der Waals surface area (Å²) in [6.45, 7) is 3.79. The van der Waals surface area contributed by atoms with E-state index in [1.165, 1.54) is 0 Å². The van der Waals surface area contributed by atoms with Gasteiger partial charge >= 0.3 is 0 Å². The Balaban J connectivity index is 3.06. The quantitative estimate of drug-likeness (QED) is 0.823. The predicted octanol–water partition coefficient (Wildman–Crippen LogP) is 2.78. The van der Waals surface area contributed by atoms with E-state index in [0.29, 0.717) is 15.6 Å². The highest BCUT2D eigenvalue weighted by molar-refractivity contribution is 6.35. The summed E-state index contributed by atoms with van der Waals surface area (Å²) >= 11 is 11.7. The minimum absolute atomic E-state index is 0.132. The lowest BCUT2D eigenvalue weighted by atomic mass is 9.83. The lowest BCUT2D eigenvalue weighted by Crippen LogP contribution is -2.26. The van der Waals surface area contributed by atoms with Crippen molar-refractivity contribution in [1.29, 1.82) is 0 Å². The normalized spacial score (nSPS) is 14.0. The van der Waals surface area contributed by atoms with Crippen LogP contribution < -0.4 is 0 Å². The van der Waals surface area contributed by atoms with Crippen LogP contribution in [0, 0.1) is 5.41 Å². The van der Waals surface area contributed by atoms with Crippen LogP contribution >= 0.6 is 23.2 Å². The van der Waals surface area contributed by atoms with E-state index in [9.17, 15) is 5.11 Å². The second-order valence-electron chi connectivity index (χ2n) is 4.23. The van der Waals surface area contributed by atoms with Gasteiger partial charge in [-0.15, -0.1) is 0 Å². The smallest absolute Gasteiger partial charge is 0.151 e. The molecule has 1 rings (SSSR count). The van der Waals surface area contributed by atoms with Gasteiger partial charge in [0.1, 0.15) is 0 Å². The van der Waals surface area contributed by atoms with Gasteiger partial charge in [-0.1, -0.05) is 29.3 Å². The molecule has 4 heteroatoms. The van der Waals surface area contributed by atoms with E-state index in [0.717, 1.165) is 0 Å². The Labute approximate surface area is 99.5 Å². The van der Waals surface area contributed by atoms with Crippen LogP contribution in [0.15, 0.2) is 18.2 Å². The van der Waals surface area contributed by atoms with Crippen molar-refractivity contribution in [3.63, 3.8) is 0 Å². The summed E-state index contributed by atoms with van der Waals surface area (Å²) in [5.74, 6) is 0. The van der Waals surface area contributed by atoms with Gasteiger partial charge in [-0.25, -0.2) is 0 Å². The molecule has 1 aromatic rings. The van der Waals surface area contributed by atoms with Crippen molar-refractivity contribution in [2.24, 2.45) is 5.41 Å². The number of hydrogen-bond donors (Lipinski definition) is 1. The first-order valence-corrected chi connectivity index (χ1v) is 5.41. The van der Waals surface area contributed by atoms with Crippen LogP contribution in [0.25, 0.3) is 0 Å². The molecule has 0 amide bonds. The summed E-state index contributed by atoms with van der Waals surface area (Å²) in [4.78, 5) is 0. The zero-order valence-corrected chi connectivity index (χ0v) is 10.2. The largest absolute Gasteiger partial charge is 0.445 e. The fourth-order valence-corrected chi connectivity index (χ4v) is 1.75. The fraction of sp³-hybridized carbons (Fsp3) is 0.455. The number of rotatable bonds is 3. The van der Waals surface area contributed by atoms with E-state index >= 15 is 0 Å². The van der Waals surface area contributed by atoms with E-state index in [1.807, 2.05) is 13.8 Å². The molecule has 0 bridgehead atoms. The Bertz CT molecular complexity index is 350. The molecule has 15 heavy (non-hydrogen) atoms. The maximum atomic E-state index is 10.1. The van der Waals surface area contributed by atoms with Gasteiger partial charge in [0.2, 0.25) is 0 Å². The summed E-state index contributed by atoms with van der Waals surface area (Å²) in [6.07, 6.45) is -0.750. The SMILES string of the molecule is CC(C)(C[OH2+])[C@@H](O)c1ccc(Cl)cc1Cl. The van der Waals surface area contributed by atoms with Crippen LogP contribution in [0.4, 0.5) is 0 Å². The van der Waals surface area contributed by atoms with Crippen LogP contribution in [0.3, 0.4) is 0 Å². The van der Waals surface area contributed by atoms with Crippen molar-refractivity contribution >= 4 is 23.2 Å².